The van der Waals surface area contributed by atoms with Crippen LogP contribution in [-0.2, 0) is 0 Å². The Bertz CT molecular complexity index is 1250. The van der Waals surface area contributed by atoms with Gasteiger partial charge in [-0.25, -0.2) is 5.43 Å². The second-order valence-corrected chi connectivity index (χ2v) is 7.13. The van der Waals surface area contributed by atoms with Gasteiger partial charge in [-0.15, -0.1) is 0 Å². The van der Waals surface area contributed by atoms with Crippen LogP contribution < -0.4 is 11.0 Å². The highest BCUT2D eigenvalue weighted by molar-refractivity contribution is 6.30. The third-order valence-electron chi connectivity index (χ3n) is 4.65. The van der Waals surface area contributed by atoms with E-state index in [-0.39, 0.29) is 16.8 Å². The Hall–Kier alpha value is -3.76. The van der Waals surface area contributed by atoms with Crippen LogP contribution >= 0.6 is 11.6 Å². The number of nitrogens with zero attached hydrogens (tertiary/aromatic N) is 4. The molecule has 7 nitrogen and oxygen atoms in total. The Morgan fingerprint density at radius 1 is 1.17 bits per heavy atom. The van der Waals surface area contributed by atoms with E-state index >= 15 is 0 Å². The minimum absolute atomic E-state index is 0.0577. The van der Waals surface area contributed by atoms with Crippen LogP contribution in [0.4, 0.5) is 0 Å². The van der Waals surface area contributed by atoms with Crippen molar-refractivity contribution in [3.05, 3.63) is 91.4 Å². The van der Waals surface area contributed by atoms with Gasteiger partial charge >= 0.3 is 0 Å². The quantitative estimate of drug-likeness (QED) is 0.517. The summed E-state index contributed by atoms with van der Waals surface area (Å²) in [6.07, 6.45) is 1.45. The number of aromatic nitrogens is 2. The maximum atomic E-state index is 12.7. The number of nitrogens with one attached hydrogen (secondary N) is 1. The van der Waals surface area contributed by atoms with E-state index in [0.29, 0.717) is 10.7 Å². The van der Waals surface area contributed by atoms with Crippen LogP contribution in [0, 0.1) is 32.1 Å². The zero-order valence-electron chi connectivity index (χ0n) is 16.6. The highest BCUT2D eigenvalue weighted by Gasteiger charge is 2.20. The zero-order chi connectivity index (χ0) is 21.8. The molecule has 0 atom stereocenters. The van der Waals surface area contributed by atoms with Crippen molar-refractivity contribution in [2.75, 3.05) is 0 Å². The number of amides is 1. The molecule has 0 spiro atoms. The Kier molecular flexibility index (Phi) is 6.09. The first-order chi connectivity index (χ1) is 14.3. The number of hydrogen-bond donors (Lipinski definition) is 1. The van der Waals surface area contributed by atoms with E-state index in [2.05, 4.69) is 15.6 Å². The molecule has 1 aromatic heterocycles. The lowest BCUT2D eigenvalue weighted by atomic mass is 10.1. The summed E-state index contributed by atoms with van der Waals surface area (Å²) in [5.41, 5.74) is 5.01. The molecule has 0 aliphatic heterocycles. The second kappa shape index (κ2) is 8.72. The standard InChI is InChI=1S/C22H18ClN5O2/c1-13-4-9-18(10-14(13)2)28-22(30)19(11-24)15(3)20(27-28)21(29)26-25-12-16-5-7-17(23)8-6-16/h4-10,12H,1-3H3,(H,26,29)/b25-12+. The fourth-order valence-electron chi connectivity index (χ4n) is 2.75. The molecule has 1 amide bonds. The molecule has 0 saturated heterocycles. The highest BCUT2D eigenvalue weighted by Crippen LogP contribution is 2.14. The number of rotatable bonds is 4. The van der Waals surface area contributed by atoms with Gasteiger partial charge in [0, 0.05) is 10.6 Å². The maximum Gasteiger partial charge on any atom is 0.292 e. The molecular formula is C22H18ClN5O2. The zero-order valence-corrected chi connectivity index (χ0v) is 17.4. The molecule has 0 radical (unpaired) electrons. The summed E-state index contributed by atoms with van der Waals surface area (Å²) in [5, 5.41) is 18.2. The normalized spacial score (nSPS) is 10.8. The Balaban J connectivity index is 1.98. The average molecular weight is 420 g/mol. The van der Waals surface area contributed by atoms with Gasteiger partial charge in [-0.05, 0) is 61.7 Å². The minimum Gasteiger partial charge on any atom is -0.266 e. The number of benzene rings is 2. The van der Waals surface area contributed by atoms with Crippen molar-refractivity contribution in [3.63, 3.8) is 0 Å². The molecule has 1 N–H and O–H groups in total. The van der Waals surface area contributed by atoms with Crippen LogP contribution in [0.15, 0.2) is 52.4 Å². The van der Waals surface area contributed by atoms with E-state index in [9.17, 15) is 14.9 Å². The van der Waals surface area contributed by atoms with Gasteiger partial charge in [0.1, 0.15) is 11.6 Å². The van der Waals surface area contributed by atoms with Gasteiger partial charge in [0.15, 0.2) is 5.69 Å². The predicted molar refractivity (Wildman–Crippen MR) is 115 cm³/mol. The predicted octanol–water partition coefficient (Wildman–Crippen LogP) is 3.45. The summed E-state index contributed by atoms with van der Waals surface area (Å²) in [7, 11) is 0. The molecule has 30 heavy (non-hydrogen) atoms. The smallest absolute Gasteiger partial charge is 0.266 e. The van der Waals surface area contributed by atoms with E-state index < -0.39 is 11.5 Å². The molecule has 2 aromatic carbocycles. The molecule has 150 valence electrons. The summed E-state index contributed by atoms with van der Waals surface area (Å²) in [6.45, 7) is 5.36. The first-order valence-corrected chi connectivity index (χ1v) is 9.40. The third-order valence-corrected chi connectivity index (χ3v) is 4.90. The van der Waals surface area contributed by atoms with E-state index in [1.54, 1.807) is 36.4 Å². The molecule has 8 heteroatoms. The maximum absolute atomic E-state index is 12.7. The molecule has 0 aliphatic rings. The van der Waals surface area contributed by atoms with E-state index in [4.69, 9.17) is 11.6 Å². The molecule has 0 unspecified atom stereocenters. The fourth-order valence-corrected chi connectivity index (χ4v) is 2.88. The van der Waals surface area contributed by atoms with Crippen molar-refractivity contribution in [2.24, 2.45) is 5.10 Å². The molecule has 3 aromatic rings. The lowest BCUT2D eigenvalue weighted by Crippen LogP contribution is -2.31. The first kappa shape index (κ1) is 21.0. The molecule has 3 rings (SSSR count). The van der Waals surface area contributed by atoms with Crippen molar-refractivity contribution in [2.45, 2.75) is 20.8 Å². The van der Waals surface area contributed by atoms with Gasteiger partial charge in [0.2, 0.25) is 0 Å². The molecule has 0 bridgehead atoms. The average Bonchev–Trinajstić information content (AvgIpc) is 2.72. The number of carbonyl (C=O) groups excluding carboxylic acids is 1. The monoisotopic (exact) mass is 419 g/mol. The topological polar surface area (TPSA) is 100 Å². The summed E-state index contributed by atoms with van der Waals surface area (Å²) >= 11 is 5.84. The highest BCUT2D eigenvalue weighted by atomic mass is 35.5. The van der Waals surface area contributed by atoms with Crippen LogP contribution in [0.2, 0.25) is 5.02 Å². The number of nitriles is 1. The lowest BCUT2D eigenvalue weighted by Gasteiger charge is -2.11. The summed E-state index contributed by atoms with van der Waals surface area (Å²) < 4.78 is 1.07. The Morgan fingerprint density at radius 2 is 1.87 bits per heavy atom. The number of halogens is 1. The van der Waals surface area contributed by atoms with E-state index in [0.717, 1.165) is 21.4 Å². The SMILES string of the molecule is Cc1ccc(-n2nc(C(=O)N/N=C/c3ccc(Cl)cc3)c(C)c(C#N)c2=O)cc1C. The lowest BCUT2D eigenvalue weighted by molar-refractivity contribution is 0.0947. The molecule has 0 fully saturated rings. The third kappa shape index (κ3) is 4.29. The molecule has 0 saturated carbocycles. The van der Waals surface area contributed by atoms with Crippen molar-refractivity contribution >= 4 is 23.7 Å². The van der Waals surface area contributed by atoms with Crippen LogP contribution in [0.5, 0.6) is 0 Å². The molecule has 0 aliphatic carbocycles. The van der Waals surface area contributed by atoms with Crippen LogP contribution in [0.1, 0.15) is 38.3 Å². The molecular weight excluding hydrogens is 402 g/mol. The van der Waals surface area contributed by atoms with Crippen molar-refractivity contribution in [1.82, 2.24) is 15.2 Å². The van der Waals surface area contributed by atoms with Crippen LogP contribution in [0.25, 0.3) is 5.69 Å². The number of hydrogen-bond acceptors (Lipinski definition) is 5. The van der Waals surface area contributed by atoms with Gasteiger partial charge < -0.3 is 0 Å². The second-order valence-electron chi connectivity index (χ2n) is 6.70. The summed E-state index contributed by atoms with van der Waals surface area (Å²) in [4.78, 5) is 25.4. The van der Waals surface area contributed by atoms with Crippen molar-refractivity contribution in [3.8, 4) is 11.8 Å². The van der Waals surface area contributed by atoms with E-state index in [1.165, 1.54) is 13.1 Å². The Labute approximate surface area is 178 Å². The van der Waals surface area contributed by atoms with Crippen LogP contribution in [0.3, 0.4) is 0 Å². The largest absolute Gasteiger partial charge is 0.292 e. The fraction of sp³-hybridized carbons (Fsp3) is 0.136. The number of carbonyl (C=O) groups is 1. The van der Waals surface area contributed by atoms with Crippen LogP contribution in [-0.4, -0.2) is 21.9 Å². The van der Waals surface area contributed by atoms with Crippen molar-refractivity contribution in [1.29, 1.82) is 5.26 Å². The summed E-state index contributed by atoms with van der Waals surface area (Å²) in [5.74, 6) is -0.633. The van der Waals surface area contributed by atoms with E-state index in [1.807, 2.05) is 26.0 Å². The number of hydrazone groups is 1. The Morgan fingerprint density at radius 3 is 2.50 bits per heavy atom. The molecule has 1 heterocycles. The number of aryl methyl sites for hydroxylation is 2. The first-order valence-electron chi connectivity index (χ1n) is 9.02. The van der Waals surface area contributed by atoms with Gasteiger partial charge in [-0.3, -0.25) is 9.59 Å². The van der Waals surface area contributed by atoms with Gasteiger partial charge in [0.05, 0.1) is 11.9 Å². The van der Waals surface area contributed by atoms with Crippen molar-refractivity contribution < 1.29 is 4.79 Å². The van der Waals surface area contributed by atoms with Gasteiger partial charge in [-0.2, -0.15) is 20.1 Å². The minimum atomic E-state index is -0.633. The van der Waals surface area contributed by atoms with Gasteiger partial charge in [0.25, 0.3) is 11.5 Å². The van der Waals surface area contributed by atoms with Gasteiger partial charge in [-0.1, -0.05) is 29.8 Å². The summed E-state index contributed by atoms with van der Waals surface area (Å²) in [6, 6.07) is 14.1.